The first-order valence-electron chi connectivity index (χ1n) is 10.4. The lowest BCUT2D eigenvalue weighted by Gasteiger charge is -2.21. The number of nitrogens with one attached hydrogen (secondary N) is 1. The van der Waals surface area contributed by atoms with Crippen LogP contribution in [0.3, 0.4) is 0 Å². The summed E-state index contributed by atoms with van der Waals surface area (Å²) < 4.78 is 11.3. The number of hydrogen-bond acceptors (Lipinski definition) is 5. The summed E-state index contributed by atoms with van der Waals surface area (Å²) in [5.41, 5.74) is 2.13. The second-order valence-electron chi connectivity index (χ2n) is 7.65. The molecule has 0 bridgehead atoms. The highest BCUT2D eigenvalue weighted by Crippen LogP contribution is 2.12. The third kappa shape index (κ3) is 9.87. The second-order valence-corrected chi connectivity index (χ2v) is 7.65. The number of benzene rings is 2. The zero-order chi connectivity index (χ0) is 21.8. The van der Waals surface area contributed by atoms with Gasteiger partial charge in [0.2, 0.25) is 5.91 Å². The maximum absolute atomic E-state index is 12.5. The summed E-state index contributed by atoms with van der Waals surface area (Å²) in [6.07, 6.45) is 1.02. The first kappa shape index (κ1) is 23.9. The van der Waals surface area contributed by atoms with E-state index < -0.39 is 6.10 Å². The number of carbonyl (C=O) groups is 1. The van der Waals surface area contributed by atoms with Crippen molar-refractivity contribution in [1.82, 2.24) is 5.32 Å². The predicted molar refractivity (Wildman–Crippen MR) is 116 cm³/mol. The highest BCUT2D eigenvalue weighted by Gasteiger charge is 2.15. The van der Waals surface area contributed by atoms with Crippen molar-refractivity contribution in [3.63, 3.8) is 0 Å². The molecule has 6 nitrogen and oxygen atoms in total. The molecule has 0 aliphatic rings. The summed E-state index contributed by atoms with van der Waals surface area (Å²) in [7, 11) is 0. The highest BCUT2D eigenvalue weighted by atomic mass is 16.5. The van der Waals surface area contributed by atoms with Gasteiger partial charge in [-0.25, -0.2) is 0 Å². The van der Waals surface area contributed by atoms with Crippen LogP contribution in [0.4, 0.5) is 0 Å². The topological polar surface area (TPSA) is 88.0 Å². The summed E-state index contributed by atoms with van der Waals surface area (Å²) in [4.78, 5) is 12.5. The lowest BCUT2D eigenvalue weighted by Crippen LogP contribution is -2.40. The molecule has 6 heteroatoms. The van der Waals surface area contributed by atoms with Crippen LogP contribution in [-0.2, 0) is 27.1 Å². The number of phenolic OH excluding ortho intramolecular Hbond substituents is 1. The molecule has 164 valence electrons. The van der Waals surface area contributed by atoms with Crippen molar-refractivity contribution in [2.24, 2.45) is 0 Å². The van der Waals surface area contributed by atoms with Gasteiger partial charge >= 0.3 is 0 Å². The minimum atomic E-state index is -0.515. The molecule has 2 aromatic rings. The van der Waals surface area contributed by atoms with Crippen molar-refractivity contribution in [1.29, 1.82) is 0 Å². The molecule has 0 fully saturated rings. The largest absolute Gasteiger partial charge is 0.508 e. The molecule has 0 aliphatic heterocycles. The van der Waals surface area contributed by atoms with E-state index in [1.54, 1.807) is 19.1 Å². The minimum Gasteiger partial charge on any atom is -0.508 e. The predicted octanol–water partition coefficient (Wildman–Crippen LogP) is 2.85. The summed E-state index contributed by atoms with van der Waals surface area (Å²) in [5, 5.41) is 21.8. The van der Waals surface area contributed by atoms with Gasteiger partial charge in [0.1, 0.15) is 5.75 Å². The van der Waals surface area contributed by atoms with Crippen molar-refractivity contribution < 1.29 is 24.5 Å². The molecule has 30 heavy (non-hydrogen) atoms. The molecule has 0 aromatic heterocycles. The van der Waals surface area contributed by atoms with E-state index in [2.05, 4.69) is 5.32 Å². The number of aryl methyl sites for hydroxylation is 1. The third-order valence-corrected chi connectivity index (χ3v) is 4.56. The Balaban J connectivity index is 1.86. The van der Waals surface area contributed by atoms with Gasteiger partial charge in [0.25, 0.3) is 0 Å². The van der Waals surface area contributed by atoms with Gasteiger partial charge in [-0.2, -0.15) is 0 Å². The number of phenols is 1. The Morgan fingerprint density at radius 2 is 1.67 bits per heavy atom. The van der Waals surface area contributed by atoms with Crippen molar-refractivity contribution in [2.45, 2.75) is 51.4 Å². The van der Waals surface area contributed by atoms with Gasteiger partial charge in [-0.1, -0.05) is 42.5 Å². The molecule has 0 aliphatic carbocycles. The molecule has 3 N–H and O–H groups in total. The molecule has 1 unspecified atom stereocenters. The molecular formula is C24H33NO5. The average molecular weight is 416 g/mol. The number of hydrogen-bond donors (Lipinski definition) is 3. The van der Waals surface area contributed by atoms with Gasteiger partial charge in [-0.3, -0.25) is 4.79 Å². The summed E-state index contributed by atoms with van der Waals surface area (Å²) in [5.74, 6) is 0.187. The number of rotatable bonds is 13. The standard InChI is InChI=1S/C24H33NO5/c1-18(26)15-30-19(2)16-29-17-22(14-21-8-11-23(27)12-9-21)25-24(28)13-10-20-6-4-3-5-7-20/h3-9,11-12,18-19,22,26-27H,10,13-17H2,1-2H3,(H,25,28)/t18?,19-,22-/m0/s1. The van der Waals surface area contributed by atoms with E-state index in [4.69, 9.17) is 9.47 Å². The van der Waals surface area contributed by atoms with Gasteiger partial charge in [0.05, 0.1) is 38.1 Å². The number of carbonyl (C=O) groups excluding carboxylic acids is 1. The molecule has 0 spiro atoms. The highest BCUT2D eigenvalue weighted by molar-refractivity contribution is 5.76. The molecule has 0 saturated carbocycles. The van der Waals surface area contributed by atoms with E-state index >= 15 is 0 Å². The first-order chi connectivity index (χ1) is 14.4. The van der Waals surface area contributed by atoms with Crippen molar-refractivity contribution in [3.05, 3.63) is 65.7 Å². The zero-order valence-corrected chi connectivity index (χ0v) is 17.8. The Labute approximate surface area is 178 Å². The Bertz CT molecular complexity index is 733. The lowest BCUT2D eigenvalue weighted by atomic mass is 10.1. The summed E-state index contributed by atoms with van der Waals surface area (Å²) in [6, 6.07) is 16.7. The molecule has 2 rings (SSSR count). The lowest BCUT2D eigenvalue weighted by molar-refractivity contribution is -0.122. The Kier molecular flexibility index (Phi) is 10.3. The van der Waals surface area contributed by atoms with Crippen LogP contribution in [0, 0.1) is 0 Å². The average Bonchev–Trinajstić information content (AvgIpc) is 2.73. The van der Waals surface area contributed by atoms with E-state index in [0.29, 0.717) is 32.5 Å². The third-order valence-electron chi connectivity index (χ3n) is 4.56. The van der Waals surface area contributed by atoms with Crippen molar-refractivity contribution in [2.75, 3.05) is 19.8 Å². The van der Waals surface area contributed by atoms with E-state index in [9.17, 15) is 15.0 Å². The SMILES string of the molecule is CC(O)CO[C@@H](C)COC[C@H](Cc1ccc(O)cc1)NC(=O)CCc1ccccc1. The maximum atomic E-state index is 12.5. The number of ether oxygens (including phenoxy) is 2. The van der Waals surface area contributed by atoms with Crippen molar-refractivity contribution in [3.8, 4) is 5.75 Å². The van der Waals surface area contributed by atoms with Crippen LogP contribution in [0.2, 0.25) is 0 Å². The minimum absolute atomic E-state index is 0.0235. The van der Waals surface area contributed by atoms with Crippen molar-refractivity contribution >= 4 is 5.91 Å². The Hall–Kier alpha value is -2.41. The van der Waals surface area contributed by atoms with Crippen LogP contribution in [0.25, 0.3) is 0 Å². The molecule has 2 aromatic carbocycles. The van der Waals surface area contributed by atoms with E-state index in [1.165, 1.54) is 0 Å². The van der Waals surface area contributed by atoms with Crippen LogP contribution in [-0.4, -0.2) is 54.2 Å². The molecule has 0 heterocycles. The quantitative estimate of drug-likeness (QED) is 0.468. The van der Waals surface area contributed by atoms with E-state index in [0.717, 1.165) is 11.1 Å². The normalized spacial score (nSPS) is 14.1. The zero-order valence-electron chi connectivity index (χ0n) is 17.8. The Morgan fingerprint density at radius 3 is 2.33 bits per heavy atom. The van der Waals surface area contributed by atoms with Crippen LogP contribution in [0.1, 0.15) is 31.4 Å². The molecule has 0 saturated heterocycles. The number of amides is 1. The number of aliphatic hydroxyl groups is 1. The fourth-order valence-electron chi connectivity index (χ4n) is 3.00. The Morgan fingerprint density at radius 1 is 0.967 bits per heavy atom. The summed E-state index contributed by atoms with van der Waals surface area (Å²) in [6.45, 7) is 4.54. The van der Waals surface area contributed by atoms with Crippen LogP contribution in [0.15, 0.2) is 54.6 Å². The van der Waals surface area contributed by atoms with Gasteiger partial charge < -0.3 is 25.0 Å². The smallest absolute Gasteiger partial charge is 0.220 e. The van der Waals surface area contributed by atoms with Crippen LogP contribution in [0.5, 0.6) is 5.75 Å². The number of aliphatic hydroxyl groups excluding tert-OH is 1. The maximum Gasteiger partial charge on any atom is 0.220 e. The van der Waals surface area contributed by atoms with Gasteiger partial charge in [-0.05, 0) is 49.9 Å². The van der Waals surface area contributed by atoms with Gasteiger partial charge in [0, 0.05) is 6.42 Å². The van der Waals surface area contributed by atoms with Crippen LogP contribution >= 0.6 is 0 Å². The molecular weight excluding hydrogens is 382 g/mol. The monoisotopic (exact) mass is 415 g/mol. The first-order valence-corrected chi connectivity index (χ1v) is 10.4. The second kappa shape index (κ2) is 13.0. The fraction of sp³-hybridized carbons (Fsp3) is 0.458. The molecule has 1 amide bonds. The summed E-state index contributed by atoms with van der Waals surface area (Å²) >= 11 is 0. The number of aromatic hydroxyl groups is 1. The van der Waals surface area contributed by atoms with E-state index in [-0.39, 0.29) is 30.4 Å². The fourth-order valence-corrected chi connectivity index (χ4v) is 3.00. The van der Waals surface area contributed by atoms with Crippen LogP contribution < -0.4 is 5.32 Å². The van der Waals surface area contributed by atoms with Gasteiger partial charge in [-0.15, -0.1) is 0 Å². The van der Waals surface area contributed by atoms with Gasteiger partial charge in [0.15, 0.2) is 0 Å². The molecule has 0 radical (unpaired) electrons. The molecule has 3 atom stereocenters. The van der Waals surface area contributed by atoms with E-state index in [1.807, 2.05) is 49.4 Å².